The Bertz CT molecular complexity index is 2240. The van der Waals surface area contributed by atoms with Gasteiger partial charge in [0.25, 0.3) is 11.8 Å². The Kier molecular flexibility index (Phi) is 12.5. The number of sulfonamides is 2. The molecule has 12 nitrogen and oxygen atoms in total. The molecule has 2 N–H and O–H groups in total. The average Bonchev–Trinajstić information content (AvgIpc) is 3.20. The van der Waals surface area contributed by atoms with Crippen LogP contribution in [-0.4, -0.2) is 99.9 Å². The summed E-state index contributed by atoms with van der Waals surface area (Å²) in [5.74, 6) is 5.47. The molecule has 12 rings (SSSR count). The molecule has 2 heterocycles. The summed E-state index contributed by atoms with van der Waals surface area (Å²) < 4.78 is 68.3. The maximum absolute atomic E-state index is 13.6. The van der Waals surface area contributed by atoms with Crippen LogP contribution in [0.2, 0.25) is 0 Å². The predicted octanol–water partition coefficient (Wildman–Crippen LogP) is 7.00. The van der Waals surface area contributed by atoms with E-state index >= 15 is 0 Å². The molecule has 2 saturated heterocycles. The van der Waals surface area contributed by atoms with Crippen molar-refractivity contribution in [2.75, 3.05) is 26.2 Å². The van der Waals surface area contributed by atoms with Gasteiger partial charge in [0.1, 0.15) is 0 Å². The van der Waals surface area contributed by atoms with Crippen molar-refractivity contribution >= 4 is 31.9 Å². The van der Waals surface area contributed by atoms with Crippen LogP contribution >= 0.6 is 0 Å². The van der Waals surface area contributed by atoms with E-state index in [-0.39, 0.29) is 58.1 Å². The first-order chi connectivity index (χ1) is 29.8. The number of ether oxygens (including phenoxy) is 2. The molecule has 0 aromatic heterocycles. The van der Waals surface area contributed by atoms with Crippen LogP contribution in [0.4, 0.5) is 0 Å². The van der Waals surface area contributed by atoms with E-state index in [0.29, 0.717) is 72.1 Å². The third kappa shape index (κ3) is 9.03. The molecule has 2 aromatic rings. The van der Waals surface area contributed by atoms with Crippen molar-refractivity contribution in [2.24, 2.45) is 47.3 Å². The number of carbonyl (C=O) groups is 2. The first-order valence-corrected chi connectivity index (χ1v) is 26.8. The van der Waals surface area contributed by atoms with Gasteiger partial charge in [-0.15, -0.1) is 0 Å². The predicted molar refractivity (Wildman–Crippen MR) is 241 cm³/mol. The second-order valence-corrected chi connectivity index (χ2v) is 25.2. The standard InChI is InChI=1S/C25H36N2O4S.C24H34N2O4S/c1-14-5-22(25(28)26-24-20-7-18-6-19(9-20)10-21(24)8-18)11-23(17(14)4)32(29,30)27-12-15(2)31-16(3)13-27;1-14-4-5-19(11-22(14)31(28,29)26-12-15(2)30-16(3)13-26)24(27)25-23-20-7-17-6-18(9-20)10-21(23)8-17/h5,11,15-16,18-21,24H,6-10,12-13H2,1-4H3,(H,26,28);4-5,11,15-18,20-21,23H,6-10,12-13H2,1-3H3,(H,25,27). The van der Waals surface area contributed by atoms with E-state index in [1.807, 2.05) is 47.6 Å². The van der Waals surface area contributed by atoms with Gasteiger partial charge >= 0.3 is 0 Å². The fourth-order valence-electron chi connectivity index (χ4n) is 14.0. The molecule has 10 aliphatic rings. The number of rotatable bonds is 8. The summed E-state index contributed by atoms with van der Waals surface area (Å²) >= 11 is 0. The van der Waals surface area contributed by atoms with E-state index in [1.165, 1.54) is 72.8 Å². The summed E-state index contributed by atoms with van der Waals surface area (Å²) in [6, 6.07) is 8.98. The highest BCUT2D eigenvalue weighted by Crippen LogP contribution is 2.55. The third-order valence-electron chi connectivity index (χ3n) is 16.4. The number of aryl methyl sites for hydroxylation is 2. The minimum Gasteiger partial charge on any atom is -0.373 e. The molecular formula is C49H70N4O8S2. The van der Waals surface area contributed by atoms with Gasteiger partial charge in [-0.2, -0.15) is 8.61 Å². The average molecular weight is 907 g/mol. The van der Waals surface area contributed by atoms with E-state index in [0.717, 1.165) is 29.2 Å². The fourth-order valence-corrected chi connectivity index (χ4v) is 17.7. The topological polar surface area (TPSA) is 151 Å². The summed E-state index contributed by atoms with van der Waals surface area (Å²) in [6.07, 6.45) is 12.0. The number of amides is 2. The molecule has 346 valence electrons. The lowest BCUT2D eigenvalue weighted by molar-refractivity contribution is -0.0442. The Morgan fingerprint density at radius 1 is 0.508 bits per heavy atom. The molecule has 8 bridgehead atoms. The van der Waals surface area contributed by atoms with Crippen LogP contribution in [0.15, 0.2) is 40.1 Å². The first kappa shape index (κ1) is 45.3. The van der Waals surface area contributed by atoms with Gasteiger partial charge < -0.3 is 20.1 Å². The molecule has 0 radical (unpaired) electrons. The lowest BCUT2D eigenvalue weighted by Crippen LogP contribution is -2.55. The van der Waals surface area contributed by atoms with Crippen molar-refractivity contribution in [1.82, 2.24) is 19.2 Å². The number of hydrogen-bond donors (Lipinski definition) is 2. The Morgan fingerprint density at radius 3 is 1.29 bits per heavy atom. The smallest absolute Gasteiger partial charge is 0.251 e. The van der Waals surface area contributed by atoms with Gasteiger partial charge in [-0.1, -0.05) is 6.07 Å². The number of nitrogens with one attached hydrogen (secondary N) is 2. The number of morpholine rings is 2. The highest BCUT2D eigenvalue weighted by molar-refractivity contribution is 7.89. The SMILES string of the molecule is Cc1cc(C(=O)NC2C3CC4CC(C3)CC2C4)cc(S(=O)(=O)N2CC(C)OC(C)C2)c1C.Cc1ccc(C(=O)NC2C3CC4CC(C3)CC2C4)cc1S(=O)(=O)N1CC(C)OC(C)C1. The summed E-state index contributed by atoms with van der Waals surface area (Å²) in [7, 11) is -7.40. The molecule has 4 unspecified atom stereocenters. The van der Waals surface area contributed by atoms with Gasteiger partial charge in [-0.3, -0.25) is 9.59 Å². The molecular weight excluding hydrogens is 837 g/mol. The van der Waals surface area contributed by atoms with Crippen LogP contribution in [0.1, 0.15) is 129 Å². The van der Waals surface area contributed by atoms with Gasteiger partial charge in [0.15, 0.2) is 0 Å². The van der Waals surface area contributed by atoms with E-state index in [2.05, 4.69) is 10.6 Å². The molecule has 2 aliphatic heterocycles. The minimum atomic E-state index is -3.71. The number of carbonyl (C=O) groups excluding carboxylic acids is 2. The fraction of sp³-hybridized carbons (Fsp3) is 0.714. The molecule has 8 aliphatic carbocycles. The van der Waals surface area contributed by atoms with Crippen molar-refractivity contribution < 1.29 is 35.9 Å². The molecule has 4 atom stereocenters. The van der Waals surface area contributed by atoms with Crippen LogP contribution < -0.4 is 10.6 Å². The maximum Gasteiger partial charge on any atom is 0.251 e. The lowest BCUT2D eigenvalue weighted by atomic mass is 9.54. The highest BCUT2D eigenvalue weighted by atomic mass is 32.2. The van der Waals surface area contributed by atoms with Gasteiger partial charge in [0.05, 0.1) is 34.2 Å². The molecule has 10 fully saturated rings. The molecule has 8 saturated carbocycles. The second-order valence-electron chi connectivity index (χ2n) is 21.4. The Balaban J connectivity index is 0.000000160. The number of hydrogen-bond acceptors (Lipinski definition) is 8. The minimum absolute atomic E-state index is 0.134. The highest BCUT2D eigenvalue weighted by Gasteiger charge is 2.50. The third-order valence-corrected chi connectivity index (χ3v) is 20.3. The van der Waals surface area contributed by atoms with E-state index in [4.69, 9.17) is 9.47 Å². The quantitative estimate of drug-likeness (QED) is 0.288. The van der Waals surface area contributed by atoms with Crippen LogP contribution in [0.5, 0.6) is 0 Å². The Labute approximate surface area is 376 Å². The summed E-state index contributed by atoms with van der Waals surface area (Å²) in [5.41, 5.74) is 3.10. The zero-order valence-corrected chi connectivity index (χ0v) is 40.0. The zero-order chi connectivity index (χ0) is 44.7. The maximum atomic E-state index is 13.6. The number of nitrogens with zero attached hydrogens (tertiary/aromatic N) is 2. The van der Waals surface area contributed by atoms with Gasteiger partial charge in [-0.05, 0) is 201 Å². The molecule has 2 aromatic carbocycles. The van der Waals surface area contributed by atoms with Crippen molar-refractivity contribution in [3.05, 3.63) is 58.1 Å². The van der Waals surface area contributed by atoms with Crippen molar-refractivity contribution in [2.45, 2.75) is 159 Å². The second kappa shape index (κ2) is 17.4. The van der Waals surface area contributed by atoms with Crippen LogP contribution in [-0.2, 0) is 29.5 Å². The van der Waals surface area contributed by atoms with Gasteiger partial charge in [0.2, 0.25) is 20.0 Å². The molecule has 14 heteroatoms. The van der Waals surface area contributed by atoms with Gasteiger partial charge in [-0.25, -0.2) is 16.8 Å². The Hall–Kier alpha value is -2.88. The molecule has 63 heavy (non-hydrogen) atoms. The van der Waals surface area contributed by atoms with Crippen molar-refractivity contribution in [1.29, 1.82) is 0 Å². The van der Waals surface area contributed by atoms with Crippen LogP contribution in [0.25, 0.3) is 0 Å². The zero-order valence-electron chi connectivity index (χ0n) is 38.3. The van der Waals surface area contributed by atoms with E-state index in [9.17, 15) is 26.4 Å². The molecule has 2 amide bonds. The van der Waals surface area contributed by atoms with Crippen molar-refractivity contribution in [3.8, 4) is 0 Å². The van der Waals surface area contributed by atoms with Crippen LogP contribution in [0, 0.1) is 68.1 Å². The largest absolute Gasteiger partial charge is 0.373 e. The summed E-state index contributed by atoms with van der Waals surface area (Å²) in [6.45, 7) is 14.4. The van der Waals surface area contributed by atoms with E-state index in [1.54, 1.807) is 31.2 Å². The van der Waals surface area contributed by atoms with Gasteiger partial charge in [0, 0.05) is 49.4 Å². The first-order valence-electron chi connectivity index (χ1n) is 24.0. The normalized spacial score (nSPS) is 37.3. The van der Waals surface area contributed by atoms with Crippen LogP contribution in [0.3, 0.4) is 0 Å². The monoisotopic (exact) mass is 906 g/mol. The van der Waals surface area contributed by atoms with E-state index < -0.39 is 20.0 Å². The summed E-state index contributed by atoms with van der Waals surface area (Å²) in [4.78, 5) is 27.0. The lowest BCUT2D eigenvalue weighted by Gasteiger charge is -2.54. The summed E-state index contributed by atoms with van der Waals surface area (Å²) in [5, 5.41) is 6.63. The number of benzene rings is 2. The van der Waals surface area contributed by atoms with Crippen molar-refractivity contribution in [3.63, 3.8) is 0 Å². The molecule has 0 spiro atoms. The Morgan fingerprint density at radius 2 is 0.873 bits per heavy atom.